The van der Waals surface area contributed by atoms with Crippen molar-refractivity contribution in [3.63, 3.8) is 0 Å². The van der Waals surface area contributed by atoms with Crippen molar-refractivity contribution in [2.24, 2.45) is 5.92 Å². The maximum atomic E-state index is 13.0. The van der Waals surface area contributed by atoms with Crippen LogP contribution in [-0.4, -0.2) is 59.2 Å². The molecular formula is C23H27FN4OS2. The molecule has 1 saturated heterocycles. The Bertz CT molecular complexity index is 951. The summed E-state index contributed by atoms with van der Waals surface area (Å²) in [6.07, 6.45) is 3.08. The van der Waals surface area contributed by atoms with Gasteiger partial charge in [0.2, 0.25) is 0 Å². The lowest BCUT2D eigenvalue weighted by atomic mass is 9.94. The Morgan fingerprint density at radius 1 is 1.13 bits per heavy atom. The highest BCUT2D eigenvalue weighted by molar-refractivity contribution is 7.99. The molecule has 3 heterocycles. The number of fused-ring (bicyclic) bond motifs is 1. The van der Waals surface area contributed by atoms with E-state index in [1.165, 1.54) is 12.1 Å². The molecule has 0 radical (unpaired) electrons. The molecule has 8 heteroatoms. The van der Waals surface area contributed by atoms with Crippen LogP contribution in [0.4, 0.5) is 4.39 Å². The summed E-state index contributed by atoms with van der Waals surface area (Å²) >= 11 is 3.40. The molecule has 0 spiro atoms. The van der Waals surface area contributed by atoms with E-state index in [0.29, 0.717) is 30.2 Å². The number of hydrogen-bond acceptors (Lipinski definition) is 6. The van der Waals surface area contributed by atoms with Crippen LogP contribution in [0, 0.1) is 22.6 Å². The van der Waals surface area contributed by atoms with Crippen molar-refractivity contribution in [2.45, 2.75) is 30.6 Å². The van der Waals surface area contributed by atoms with E-state index in [2.05, 4.69) is 10.3 Å². The Kier molecular flexibility index (Phi) is 7.20. The first-order chi connectivity index (χ1) is 15.0. The van der Waals surface area contributed by atoms with Crippen LogP contribution in [0.1, 0.15) is 41.6 Å². The lowest BCUT2D eigenvalue weighted by molar-refractivity contribution is 0.0972. The van der Waals surface area contributed by atoms with Gasteiger partial charge >= 0.3 is 0 Å². The Morgan fingerprint density at radius 3 is 2.61 bits per heavy atom. The Labute approximate surface area is 190 Å². The van der Waals surface area contributed by atoms with Crippen LogP contribution >= 0.6 is 23.1 Å². The van der Waals surface area contributed by atoms with E-state index in [-0.39, 0.29) is 17.5 Å². The van der Waals surface area contributed by atoms with E-state index in [9.17, 15) is 9.18 Å². The predicted octanol–water partition coefficient (Wildman–Crippen LogP) is 4.97. The number of piperidine rings is 1. The number of amidine groups is 2. The van der Waals surface area contributed by atoms with Crippen molar-refractivity contribution in [3.05, 3.63) is 52.0 Å². The number of benzene rings is 1. The molecule has 0 unspecified atom stereocenters. The number of nitrogens with zero attached hydrogens (tertiary/aromatic N) is 2. The number of hydrogen-bond donors (Lipinski definition) is 2. The van der Waals surface area contributed by atoms with Crippen LogP contribution in [0.15, 0.2) is 39.9 Å². The van der Waals surface area contributed by atoms with Crippen LogP contribution in [0.5, 0.6) is 0 Å². The first-order valence-corrected chi connectivity index (χ1v) is 12.6. The topological polar surface area (TPSA) is 71.2 Å². The zero-order chi connectivity index (χ0) is 21.8. The summed E-state index contributed by atoms with van der Waals surface area (Å²) in [6.45, 7) is 3.41. The van der Waals surface area contributed by atoms with Gasteiger partial charge in [-0.3, -0.25) is 15.6 Å². The van der Waals surface area contributed by atoms with Crippen molar-refractivity contribution in [1.29, 1.82) is 10.8 Å². The Hall–Kier alpha value is -2.03. The molecule has 31 heavy (non-hydrogen) atoms. The second kappa shape index (κ2) is 10.1. The molecule has 0 amide bonds. The van der Waals surface area contributed by atoms with E-state index in [4.69, 9.17) is 10.8 Å². The fourth-order valence-electron chi connectivity index (χ4n) is 4.21. The molecule has 4 rings (SSSR count). The summed E-state index contributed by atoms with van der Waals surface area (Å²) in [5, 5.41) is 21.5. The fraction of sp³-hybridized carbons (Fsp3) is 0.435. The van der Waals surface area contributed by atoms with Gasteiger partial charge in [0.1, 0.15) is 17.5 Å². The van der Waals surface area contributed by atoms with Gasteiger partial charge in [-0.1, -0.05) is 0 Å². The third-order valence-corrected chi connectivity index (χ3v) is 7.96. The standard InChI is InChI=1S/C23H27FN4OS2/c24-18-5-3-16(4-6-18)20(29)2-1-9-27-10-7-17(8-11-27)22(25)28-12-13-31-21-15-30-14-19(21)23(28)26/h3-6,14-15,17,25-26H,1-2,7-13H2. The minimum atomic E-state index is -0.324. The molecule has 5 nitrogen and oxygen atoms in total. The third-order valence-electron chi connectivity index (χ3n) is 6.03. The number of nitrogens with one attached hydrogen (secondary N) is 2. The minimum Gasteiger partial charge on any atom is -0.314 e. The van der Waals surface area contributed by atoms with Gasteiger partial charge in [-0.2, -0.15) is 11.3 Å². The highest BCUT2D eigenvalue weighted by Gasteiger charge is 2.30. The quantitative estimate of drug-likeness (QED) is 0.364. The first-order valence-electron chi connectivity index (χ1n) is 10.7. The number of carbonyl (C=O) groups is 1. The van der Waals surface area contributed by atoms with Crippen molar-refractivity contribution in [2.75, 3.05) is 31.9 Å². The second-order valence-electron chi connectivity index (χ2n) is 8.03. The van der Waals surface area contributed by atoms with Gasteiger partial charge < -0.3 is 9.80 Å². The molecular weight excluding hydrogens is 431 g/mol. The minimum absolute atomic E-state index is 0.0574. The van der Waals surface area contributed by atoms with Crippen molar-refractivity contribution >= 4 is 40.6 Å². The largest absolute Gasteiger partial charge is 0.314 e. The lowest BCUT2D eigenvalue weighted by Gasteiger charge is -2.35. The Balaban J connectivity index is 1.23. The summed E-state index contributed by atoms with van der Waals surface area (Å²) in [4.78, 5) is 17.7. The van der Waals surface area contributed by atoms with Crippen LogP contribution < -0.4 is 0 Å². The highest BCUT2D eigenvalue weighted by atomic mass is 32.2. The van der Waals surface area contributed by atoms with E-state index in [1.807, 2.05) is 10.3 Å². The number of halogens is 1. The number of rotatable bonds is 6. The van der Waals surface area contributed by atoms with E-state index in [1.54, 1.807) is 35.2 Å². The van der Waals surface area contributed by atoms with E-state index in [0.717, 1.165) is 55.1 Å². The maximum absolute atomic E-state index is 13.0. The number of thioether (sulfide) groups is 1. The summed E-state index contributed by atoms with van der Waals surface area (Å²) in [6, 6.07) is 5.75. The highest BCUT2D eigenvalue weighted by Crippen LogP contribution is 2.32. The Morgan fingerprint density at radius 2 is 1.87 bits per heavy atom. The predicted molar refractivity (Wildman–Crippen MR) is 125 cm³/mol. The molecule has 1 aromatic carbocycles. The molecule has 0 atom stereocenters. The average Bonchev–Trinajstić information content (AvgIpc) is 3.19. The fourth-order valence-corrected chi connectivity index (χ4v) is 6.22. The molecule has 2 N–H and O–H groups in total. The molecule has 2 aromatic rings. The summed E-state index contributed by atoms with van der Waals surface area (Å²) in [7, 11) is 0. The van der Waals surface area contributed by atoms with Crippen LogP contribution in [0.2, 0.25) is 0 Å². The van der Waals surface area contributed by atoms with Gasteiger partial charge in [0, 0.05) is 51.4 Å². The summed E-state index contributed by atoms with van der Waals surface area (Å²) < 4.78 is 13.0. The lowest BCUT2D eigenvalue weighted by Crippen LogP contribution is -2.45. The van der Waals surface area contributed by atoms with Gasteiger partial charge in [0.05, 0.1) is 0 Å². The smallest absolute Gasteiger partial charge is 0.162 e. The number of carbonyl (C=O) groups excluding carboxylic acids is 1. The molecule has 164 valence electrons. The van der Waals surface area contributed by atoms with E-state index >= 15 is 0 Å². The number of ketones is 1. The third kappa shape index (κ3) is 5.25. The molecule has 1 aromatic heterocycles. The maximum Gasteiger partial charge on any atom is 0.162 e. The summed E-state index contributed by atoms with van der Waals surface area (Å²) in [5.41, 5.74) is 1.53. The van der Waals surface area contributed by atoms with E-state index < -0.39 is 0 Å². The second-order valence-corrected chi connectivity index (χ2v) is 9.91. The van der Waals surface area contributed by atoms with Gasteiger partial charge in [0.25, 0.3) is 0 Å². The van der Waals surface area contributed by atoms with Gasteiger partial charge in [-0.05, 0) is 63.2 Å². The van der Waals surface area contributed by atoms with Gasteiger partial charge in [-0.25, -0.2) is 4.39 Å². The zero-order valence-corrected chi connectivity index (χ0v) is 19.0. The van der Waals surface area contributed by atoms with Gasteiger partial charge in [0.15, 0.2) is 5.78 Å². The monoisotopic (exact) mass is 458 g/mol. The van der Waals surface area contributed by atoms with Crippen LogP contribution in [0.3, 0.4) is 0 Å². The zero-order valence-electron chi connectivity index (χ0n) is 17.4. The normalized spacial score (nSPS) is 18.0. The number of Topliss-reactive ketones (excluding diaryl/α,β-unsaturated/α-hetero) is 1. The van der Waals surface area contributed by atoms with Crippen molar-refractivity contribution < 1.29 is 9.18 Å². The van der Waals surface area contributed by atoms with Crippen molar-refractivity contribution in [3.8, 4) is 0 Å². The molecule has 1 fully saturated rings. The molecule has 0 saturated carbocycles. The molecule has 2 aliphatic rings. The van der Waals surface area contributed by atoms with Crippen molar-refractivity contribution in [1.82, 2.24) is 9.80 Å². The molecule has 0 aliphatic carbocycles. The summed E-state index contributed by atoms with van der Waals surface area (Å²) in [5.74, 6) is 1.86. The average molecular weight is 459 g/mol. The van der Waals surface area contributed by atoms with Crippen LogP contribution in [0.25, 0.3) is 0 Å². The molecule has 2 aliphatic heterocycles. The van der Waals surface area contributed by atoms with Crippen LogP contribution in [-0.2, 0) is 0 Å². The number of thiophene rings is 1. The SMILES string of the molecule is N=C1c2cscc2SCCN1C(=N)C1CCN(CCCC(=O)c2ccc(F)cc2)CC1. The molecule has 0 bridgehead atoms. The number of likely N-dealkylation sites (tertiary alicyclic amines) is 1. The van der Waals surface area contributed by atoms with Gasteiger partial charge in [-0.15, -0.1) is 11.8 Å². The first kappa shape index (κ1) is 22.2.